The van der Waals surface area contributed by atoms with Gasteiger partial charge in [-0.25, -0.2) is 4.39 Å². The molecule has 136 valence electrons. The van der Waals surface area contributed by atoms with Gasteiger partial charge < -0.3 is 10.1 Å². The first-order valence-corrected chi connectivity index (χ1v) is 8.86. The number of ketones is 1. The highest BCUT2D eigenvalue weighted by atomic mass is 32.1. The molecule has 2 aromatic carbocycles. The number of rotatable bonds is 3. The van der Waals surface area contributed by atoms with E-state index >= 15 is 4.39 Å². The molecule has 4 nitrogen and oxygen atoms in total. The zero-order chi connectivity index (χ0) is 19.2. The fraction of sp³-hybridized carbons (Fsp3) is 0.100. The van der Waals surface area contributed by atoms with Crippen molar-refractivity contribution in [2.75, 3.05) is 12.4 Å². The highest BCUT2D eigenvalue weighted by Gasteiger charge is 2.54. The average Bonchev–Trinajstić information content (AvgIpc) is 3.02. The molecule has 2 heterocycles. The summed E-state index contributed by atoms with van der Waals surface area (Å²) in [5.74, 6) is -1.88. The van der Waals surface area contributed by atoms with Crippen molar-refractivity contribution in [3.05, 3.63) is 70.9 Å². The van der Waals surface area contributed by atoms with E-state index in [1.807, 2.05) is 0 Å². The summed E-state index contributed by atoms with van der Waals surface area (Å²) in [6, 6.07) is 14.0. The number of carbonyl (C=O) groups is 2. The molecule has 0 saturated heterocycles. The molecule has 0 fully saturated rings. The van der Waals surface area contributed by atoms with Crippen LogP contribution in [0.4, 0.5) is 13.8 Å². The number of benzene rings is 2. The zero-order valence-electron chi connectivity index (χ0n) is 14.1. The molecule has 3 aromatic rings. The predicted molar refractivity (Wildman–Crippen MR) is 98.5 cm³/mol. The lowest BCUT2D eigenvalue weighted by Crippen LogP contribution is -2.47. The number of ether oxygens (including phenoxy) is 1. The lowest BCUT2D eigenvalue weighted by molar-refractivity contribution is -0.125. The predicted octanol–water partition coefficient (Wildman–Crippen LogP) is 4.56. The number of halogens is 2. The number of fused-ring (bicyclic) bond motifs is 1. The minimum atomic E-state index is -2.93. The molecule has 0 saturated carbocycles. The van der Waals surface area contributed by atoms with Gasteiger partial charge in [0.05, 0.1) is 12.7 Å². The summed E-state index contributed by atoms with van der Waals surface area (Å²) in [7, 11) is 1.42. The van der Waals surface area contributed by atoms with E-state index in [0.717, 1.165) is 0 Å². The SMILES string of the molecule is COc1ccccc1-c1c(F)sc2c1C(=O)C(F)(c1ccccc1)C(=O)N2. The van der Waals surface area contributed by atoms with Crippen molar-refractivity contribution in [3.8, 4) is 16.9 Å². The number of nitrogens with one attached hydrogen (secondary N) is 1. The number of amides is 1. The molecule has 1 aromatic heterocycles. The Bertz CT molecular complexity index is 1060. The molecular weight excluding hydrogens is 372 g/mol. The van der Waals surface area contributed by atoms with Gasteiger partial charge in [-0.3, -0.25) is 9.59 Å². The molecule has 4 rings (SSSR count). The summed E-state index contributed by atoms with van der Waals surface area (Å²) < 4.78 is 35.8. The summed E-state index contributed by atoms with van der Waals surface area (Å²) in [6.07, 6.45) is 0. The van der Waals surface area contributed by atoms with Crippen LogP contribution in [0.1, 0.15) is 15.9 Å². The van der Waals surface area contributed by atoms with Crippen LogP contribution < -0.4 is 10.1 Å². The molecule has 1 aliphatic rings. The summed E-state index contributed by atoms with van der Waals surface area (Å²) in [5.41, 5.74) is -2.98. The molecule has 1 N–H and O–H groups in total. The van der Waals surface area contributed by atoms with Gasteiger partial charge in [-0.15, -0.1) is 0 Å². The van der Waals surface area contributed by atoms with Crippen LogP contribution in [0.25, 0.3) is 11.1 Å². The Labute approximate surface area is 157 Å². The number of hydrogen-bond acceptors (Lipinski definition) is 4. The first-order chi connectivity index (χ1) is 13.0. The Hall–Kier alpha value is -3.06. The van der Waals surface area contributed by atoms with Crippen LogP contribution in [0.5, 0.6) is 5.75 Å². The monoisotopic (exact) mass is 385 g/mol. The van der Waals surface area contributed by atoms with Gasteiger partial charge in [0.1, 0.15) is 10.8 Å². The molecule has 0 aliphatic carbocycles. The molecule has 0 bridgehead atoms. The third-order valence-electron chi connectivity index (χ3n) is 4.49. The van der Waals surface area contributed by atoms with E-state index in [-0.39, 0.29) is 21.7 Å². The second-order valence-electron chi connectivity index (χ2n) is 5.96. The molecular formula is C20H13F2NO3S. The fourth-order valence-corrected chi connectivity index (χ4v) is 4.13. The second-order valence-corrected chi connectivity index (χ2v) is 6.93. The largest absolute Gasteiger partial charge is 0.496 e. The minimum Gasteiger partial charge on any atom is -0.496 e. The van der Waals surface area contributed by atoms with Crippen LogP contribution in [0.2, 0.25) is 0 Å². The lowest BCUT2D eigenvalue weighted by Gasteiger charge is -2.28. The van der Waals surface area contributed by atoms with Crippen molar-refractivity contribution in [2.24, 2.45) is 0 Å². The molecule has 1 aliphatic heterocycles. The first-order valence-electron chi connectivity index (χ1n) is 8.04. The van der Waals surface area contributed by atoms with Crippen molar-refractivity contribution >= 4 is 28.0 Å². The number of Topliss-reactive ketones (excluding diaryl/α,β-unsaturated/α-hetero) is 1. The highest BCUT2D eigenvalue weighted by Crippen LogP contribution is 2.48. The average molecular weight is 385 g/mol. The van der Waals surface area contributed by atoms with E-state index in [1.165, 1.54) is 31.4 Å². The summed E-state index contributed by atoms with van der Waals surface area (Å²) >= 11 is 0.593. The van der Waals surface area contributed by atoms with Crippen molar-refractivity contribution in [1.82, 2.24) is 0 Å². The fourth-order valence-electron chi connectivity index (χ4n) is 3.19. The van der Waals surface area contributed by atoms with Crippen molar-refractivity contribution in [2.45, 2.75) is 5.67 Å². The topological polar surface area (TPSA) is 55.4 Å². The first kappa shape index (κ1) is 17.4. The maximum absolute atomic E-state index is 15.7. The zero-order valence-corrected chi connectivity index (χ0v) is 14.9. The van der Waals surface area contributed by atoms with Crippen LogP contribution in [0, 0.1) is 5.13 Å². The molecule has 1 unspecified atom stereocenters. The van der Waals surface area contributed by atoms with Crippen molar-refractivity contribution in [3.63, 3.8) is 0 Å². The number of carbonyl (C=O) groups excluding carboxylic acids is 2. The van der Waals surface area contributed by atoms with Crippen LogP contribution >= 0.6 is 11.3 Å². The number of para-hydroxylation sites is 1. The molecule has 1 amide bonds. The molecule has 27 heavy (non-hydrogen) atoms. The molecule has 1 atom stereocenters. The van der Waals surface area contributed by atoms with Gasteiger partial charge in [-0.2, -0.15) is 4.39 Å². The summed E-state index contributed by atoms with van der Waals surface area (Å²) in [6.45, 7) is 0. The maximum atomic E-state index is 15.7. The smallest absolute Gasteiger partial charge is 0.275 e. The van der Waals surface area contributed by atoms with Gasteiger partial charge in [0, 0.05) is 16.7 Å². The second kappa shape index (κ2) is 6.28. The normalized spacial score (nSPS) is 18.8. The van der Waals surface area contributed by atoms with Gasteiger partial charge in [0.15, 0.2) is 5.13 Å². The third kappa shape index (κ3) is 2.46. The van der Waals surface area contributed by atoms with E-state index in [4.69, 9.17) is 4.74 Å². The van der Waals surface area contributed by atoms with Gasteiger partial charge >= 0.3 is 0 Å². The Morgan fingerprint density at radius 3 is 2.37 bits per heavy atom. The van der Waals surface area contributed by atoms with E-state index in [1.54, 1.807) is 30.3 Å². The van der Waals surface area contributed by atoms with Crippen molar-refractivity contribution < 1.29 is 23.1 Å². The van der Waals surface area contributed by atoms with E-state index < -0.39 is 22.5 Å². The maximum Gasteiger partial charge on any atom is 0.275 e. The number of methoxy groups -OCH3 is 1. The van der Waals surface area contributed by atoms with Crippen LogP contribution in [-0.4, -0.2) is 18.8 Å². The Morgan fingerprint density at radius 2 is 1.67 bits per heavy atom. The molecule has 7 heteroatoms. The number of hydrogen-bond donors (Lipinski definition) is 1. The van der Waals surface area contributed by atoms with Gasteiger partial charge in [-0.1, -0.05) is 59.9 Å². The number of alkyl halides is 1. The van der Waals surface area contributed by atoms with Crippen LogP contribution in [0.15, 0.2) is 54.6 Å². The Balaban J connectivity index is 1.96. The Morgan fingerprint density at radius 1 is 1.00 bits per heavy atom. The quantitative estimate of drug-likeness (QED) is 0.673. The van der Waals surface area contributed by atoms with Crippen LogP contribution in [-0.2, 0) is 10.5 Å². The number of thiophene rings is 1. The number of anilines is 1. The van der Waals surface area contributed by atoms with E-state index in [0.29, 0.717) is 22.6 Å². The van der Waals surface area contributed by atoms with Gasteiger partial charge in [-0.05, 0) is 6.07 Å². The standard InChI is InChI=1S/C20H13F2NO3S/c1-26-13-10-6-5-9-12(13)14-15-16(24)20(22,11-7-3-2-4-8-11)19(25)23-18(15)27-17(14)21/h2-10H,1H3,(H,23,25). The molecule has 0 radical (unpaired) electrons. The summed E-state index contributed by atoms with van der Waals surface area (Å²) in [5, 5.41) is 1.65. The third-order valence-corrected chi connectivity index (χ3v) is 5.39. The summed E-state index contributed by atoms with van der Waals surface area (Å²) in [4.78, 5) is 25.5. The van der Waals surface area contributed by atoms with Gasteiger partial charge in [0.2, 0.25) is 5.78 Å². The Kier molecular flexibility index (Phi) is 4.04. The minimum absolute atomic E-state index is 0.00684. The van der Waals surface area contributed by atoms with Crippen LogP contribution in [0.3, 0.4) is 0 Å². The van der Waals surface area contributed by atoms with E-state index in [9.17, 15) is 14.0 Å². The van der Waals surface area contributed by atoms with Gasteiger partial charge in [0.25, 0.3) is 11.6 Å². The van der Waals surface area contributed by atoms with Crippen molar-refractivity contribution in [1.29, 1.82) is 0 Å². The van der Waals surface area contributed by atoms with E-state index in [2.05, 4.69) is 5.32 Å². The molecule has 0 spiro atoms. The highest BCUT2D eigenvalue weighted by molar-refractivity contribution is 7.15. The lowest BCUT2D eigenvalue weighted by atomic mass is 9.83.